The van der Waals surface area contributed by atoms with E-state index in [1.165, 1.54) is 6.07 Å². The summed E-state index contributed by atoms with van der Waals surface area (Å²) < 4.78 is 14.5. The molecule has 0 saturated heterocycles. The smallest absolute Gasteiger partial charge is 0.336 e. The summed E-state index contributed by atoms with van der Waals surface area (Å²) in [4.78, 5) is 11.0. The Morgan fingerprint density at radius 1 is 1.00 bits per heavy atom. The normalized spacial score (nSPS) is 10.2. The molecule has 0 atom stereocenters. The molecule has 2 aromatic heterocycles. The molecule has 0 spiro atoms. The first kappa shape index (κ1) is 11.4. The van der Waals surface area contributed by atoms with Gasteiger partial charge in [-0.05, 0) is 18.2 Å². The molecule has 0 bridgehead atoms. The van der Waals surface area contributed by atoms with E-state index < -0.39 is 0 Å². The minimum absolute atomic E-state index is 0.344. The first-order valence-electron chi connectivity index (χ1n) is 5.06. The molecule has 0 fully saturated rings. The maximum Gasteiger partial charge on any atom is 0.336 e. The average Bonchev–Trinajstić information content (AvgIpc) is 2.74. The van der Waals surface area contributed by atoms with E-state index in [-0.39, 0.29) is 5.63 Å². The fraction of sp³-hybridized carbons (Fsp3) is 0.154. The van der Waals surface area contributed by atoms with Crippen LogP contribution >= 0.6 is 0 Å². The summed E-state index contributed by atoms with van der Waals surface area (Å²) in [6.45, 7) is 0. The Morgan fingerprint density at radius 2 is 1.71 bits per heavy atom. The Bertz CT molecular complexity index is 678. The van der Waals surface area contributed by atoms with Crippen LogP contribution in [0.25, 0.3) is 21.9 Å². The van der Waals surface area contributed by atoms with Crippen LogP contribution in [0.2, 0.25) is 0 Å². The van der Waals surface area contributed by atoms with Crippen molar-refractivity contribution in [3.05, 3.63) is 47.0 Å². The highest BCUT2D eigenvalue weighted by Crippen LogP contribution is 2.22. The highest BCUT2D eigenvalue weighted by Gasteiger charge is 2.01. The van der Waals surface area contributed by atoms with Crippen molar-refractivity contribution in [2.75, 3.05) is 14.2 Å². The summed E-state index contributed by atoms with van der Waals surface area (Å²) in [5.74, 6) is 0. The van der Waals surface area contributed by atoms with Crippen molar-refractivity contribution in [2.45, 2.75) is 0 Å². The first-order chi connectivity index (χ1) is 8.24. The number of hydrogen-bond donors (Lipinski definition) is 0. The van der Waals surface area contributed by atoms with Gasteiger partial charge in [0.2, 0.25) is 0 Å². The Balaban J connectivity index is 0.000000329. The van der Waals surface area contributed by atoms with E-state index in [2.05, 4.69) is 4.74 Å². The van der Waals surface area contributed by atoms with Crippen molar-refractivity contribution in [1.29, 1.82) is 0 Å². The molecule has 0 unspecified atom stereocenters. The van der Waals surface area contributed by atoms with Gasteiger partial charge in [-0.1, -0.05) is 0 Å². The van der Waals surface area contributed by atoms with Gasteiger partial charge in [0, 0.05) is 37.1 Å². The maximum atomic E-state index is 11.0. The summed E-state index contributed by atoms with van der Waals surface area (Å²) in [6.07, 6.45) is 1.61. The number of benzene rings is 1. The van der Waals surface area contributed by atoms with E-state index in [0.717, 1.165) is 16.4 Å². The molecule has 0 aliphatic carbocycles. The monoisotopic (exact) mass is 232 g/mol. The van der Waals surface area contributed by atoms with Gasteiger partial charge in [0.1, 0.15) is 11.2 Å². The molecule has 2 heterocycles. The van der Waals surface area contributed by atoms with Crippen LogP contribution in [0.3, 0.4) is 0 Å². The predicted molar refractivity (Wildman–Crippen MR) is 65.2 cm³/mol. The minimum Gasteiger partial charge on any atom is -0.464 e. The summed E-state index contributed by atoms with van der Waals surface area (Å²) in [5, 5.41) is 1.91. The first-order valence-corrected chi connectivity index (χ1v) is 5.06. The minimum atomic E-state index is -0.344. The van der Waals surface area contributed by atoms with Crippen LogP contribution in [0.15, 0.2) is 50.2 Å². The van der Waals surface area contributed by atoms with Crippen LogP contribution in [-0.2, 0) is 4.74 Å². The summed E-state index contributed by atoms with van der Waals surface area (Å²) >= 11 is 0. The van der Waals surface area contributed by atoms with Crippen molar-refractivity contribution >= 4 is 21.9 Å². The molecule has 0 aliphatic rings. The third kappa shape index (κ3) is 2.37. The second-order valence-electron chi connectivity index (χ2n) is 3.51. The van der Waals surface area contributed by atoms with Gasteiger partial charge in [0.05, 0.1) is 6.26 Å². The fourth-order valence-electron chi connectivity index (χ4n) is 1.53. The number of furan rings is 1. The zero-order valence-corrected chi connectivity index (χ0v) is 9.60. The van der Waals surface area contributed by atoms with E-state index in [1.807, 2.05) is 12.1 Å². The van der Waals surface area contributed by atoms with Crippen molar-refractivity contribution in [3.8, 4) is 0 Å². The number of rotatable bonds is 0. The maximum absolute atomic E-state index is 11.0. The highest BCUT2D eigenvalue weighted by atomic mass is 16.4. The lowest BCUT2D eigenvalue weighted by molar-refractivity contribution is 0.277. The molecule has 3 rings (SSSR count). The van der Waals surface area contributed by atoms with Crippen LogP contribution in [0, 0.1) is 0 Å². The summed E-state index contributed by atoms with van der Waals surface area (Å²) in [6, 6.07) is 8.69. The molecule has 17 heavy (non-hydrogen) atoms. The summed E-state index contributed by atoms with van der Waals surface area (Å²) in [7, 11) is 3.25. The van der Waals surface area contributed by atoms with E-state index in [4.69, 9.17) is 8.83 Å². The molecule has 88 valence electrons. The Kier molecular flexibility index (Phi) is 3.25. The van der Waals surface area contributed by atoms with Crippen molar-refractivity contribution < 1.29 is 13.6 Å². The quantitative estimate of drug-likeness (QED) is 0.559. The van der Waals surface area contributed by atoms with Crippen LogP contribution in [0.5, 0.6) is 0 Å². The number of fused-ring (bicyclic) bond motifs is 2. The van der Waals surface area contributed by atoms with Gasteiger partial charge in [-0.15, -0.1) is 0 Å². The topological polar surface area (TPSA) is 52.6 Å². The molecule has 0 aliphatic heterocycles. The lowest BCUT2D eigenvalue weighted by atomic mass is 10.2. The number of methoxy groups -OCH3 is 1. The van der Waals surface area contributed by atoms with Crippen LogP contribution < -0.4 is 5.63 Å². The molecule has 3 aromatic rings. The summed E-state index contributed by atoms with van der Waals surface area (Å²) in [5.41, 5.74) is 0.940. The molecule has 0 saturated carbocycles. The van der Waals surface area contributed by atoms with Gasteiger partial charge in [-0.25, -0.2) is 4.79 Å². The lowest BCUT2D eigenvalue weighted by Gasteiger charge is -1.94. The Hall–Kier alpha value is -2.07. The molecule has 0 N–H and O–H groups in total. The Morgan fingerprint density at radius 3 is 2.47 bits per heavy atom. The number of ether oxygens (including phenoxy) is 1. The van der Waals surface area contributed by atoms with E-state index >= 15 is 0 Å². The molecular formula is C13H12O4. The standard InChI is InChI=1S/C11H6O3.C2H6O/c12-11-2-1-7-5-8-3-4-13-9(8)6-10(7)14-11;1-3-2/h1-6H;1-2H3. The molecule has 1 aromatic carbocycles. The molecule has 4 heteroatoms. The average molecular weight is 232 g/mol. The van der Waals surface area contributed by atoms with Crippen LogP contribution in [-0.4, -0.2) is 14.2 Å². The van der Waals surface area contributed by atoms with Gasteiger partial charge in [0.15, 0.2) is 0 Å². The largest absolute Gasteiger partial charge is 0.464 e. The molecule has 0 radical (unpaired) electrons. The fourth-order valence-corrected chi connectivity index (χ4v) is 1.53. The SMILES string of the molecule is COC.O=c1ccc2cc3ccoc3cc2o1. The third-order valence-electron chi connectivity index (χ3n) is 2.19. The predicted octanol–water partition coefficient (Wildman–Crippen LogP) is 2.80. The van der Waals surface area contributed by atoms with Gasteiger partial charge < -0.3 is 13.6 Å². The van der Waals surface area contributed by atoms with E-state index in [9.17, 15) is 4.79 Å². The molecule has 0 amide bonds. The van der Waals surface area contributed by atoms with E-state index in [0.29, 0.717) is 5.58 Å². The lowest BCUT2D eigenvalue weighted by Crippen LogP contribution is -1.93. The highest BCUT2D eigenvalue weighted by molar-refractivity contribution is 5.92. The van der Waals surface area contributed by atoms with Crippen LogP contribution in [0.1, 0.15) is 0 Å². The van der Waals surface area contributed by atoms with Gasteiger partial charge >= 0.3 is 5.63 Å². The van der Waals surface area contributed by atoms with E-state index in [1.54, 1.807) is 32.6 Å². The second kappa shape index (κ2) is 4.84. The second-order valence-corrected chi connectivity index (χ2v) is 3.51. The van der Waals surface area contributed by atoms with Crippen molar-refractivity contribution in [1.82, 2.24) is 0 Å². The van der Waals surface area contributed by atoms with Crippen LogP contribution in [0.4, 0.5) is 0 Å². The van der Waals surface area contributed by atoms with Gasteiger partial charge in [0.25, 0.3) is 0 Å². The third-order valence-corrected chi connectivity index (χ3v) is 2.19. The number of hydrogen-bond acceptors (Lipinski definition) is 4. The molecular weight excluding hydrogens is 220 g/mol. The zero-order chi connectivity index (χ0) is 12.3. The van der Waals surface area contributed by atoms with Gasteiger partial charge in [-0.2, -0.15) is 0 Å². The Labute approximate surface area is 97.4 Å². The van der Waals surface area contributed by atoms with Crippen molar-refractivity contribution in [2.24, 2.45) is 0 Å². The zero-order valence-electron chi connectivity index (χ0n) is 9.60. The van der Waals surface area contributed by atoms with Gasteiger partial charge in [-0.3, -0.25) is 0 Å². The molecule has 4 nitrogen and oxygen atoms in total. The van der Waals surface area contributed by atoms with Crippen molar-refractivity contribution in [3.63, 3.8) is 0 Å².